The number of alkyl halides is 3. The lowest BCUT2D eigenvalue weighted by Gasteiger charge is -2.19. The Morgan fingerprint density at radius 1 is 1.38 bits per heavy atom. The van der Waals surface area contributed by atoms with E-state index in [1.807, 2.05) is 0 Å². The van der Waals surface area contributed by atoms with Crippen LogP contribution >= 0.6 is 11.6 Å². The van der Waals surface area contributed by atoms with Crippen LogP contribution in [0.3, 0.4) is 0 Å². The number of benzene rings is 1. The van der Waals surface area contributed by atoms with Gasteiger partial charge in [-0.2, -0.15) is 13.2 Å². The third-order valence-electron chi connectivity index (χ3n) is 1.95. The Balaban J connectivity index is 2.76. The topological polar surface area (TPSA) is 20.3 Å². The van der Waals surface area contributed by atoms with Crippen LogP contribution in [0, 0.1) is 0 Å². The van der Waals surface area contributed by atoms with Crippen molar-refractivity contribution in [3.63, 3.8) is 0 Å². The summed E-state index contributed by atoms with van der Waals surface area (Å²) < 4.78 is 36.2. The van der Waals surface area contributed by atoms with Crippen LogP contribution < -0.4 is 0 Å². The first-order valence-corrected chi connectivity index (χ1v) is 4.76. The van der Waals surface area contributed by atoms with E-state index >= 15 is 0 Å². The minimum Gasteiger partial charge on any atom is -0.334 e. The van der Waals surface area contributed by atoms with E-state index in [9.17, 15) is 18.0 Å². The monoisotopic (exact) mass is 251 g/mol. The highest BCUT2D eigenvalue weighted by atomic mass is 35.5. The smallest absolute Gasteiger partial charge is 0.334 e. The van der Waals surface area contributed by atoms with Gasteiger partial charge in [0.05, 0.1) is 0 Å². The second-order valence-electron chi connectivity index (χ2n) is 3.25. The molecule has 0 heterocycles. The van der Waals surface area contributed by atoms with Gasteiger partial charge in [-0.3, -0.25) is 4.79 Å². The number of nitrogens with zero attached hydrogens (tertiary/aromatic N) is 1. The van der Waals surface area contributed by atoms with Gasteiger partial charge in [0.15, 0.2) is 0 Å². The van der Waals surface area contributed by atoms with Gasteiger partial charge in [0.2, 0.25) is 0 Å². The second-order valence-corrected chi connectivity index (χ2v) is 3.66. The molecule has 2 nitrogen and oxygen atoms in total. The molecule has 88 valence electrons. The molecule has 0 spiro atoms. The van der Waals surface area contributed by atoms with Gasteiger partial charge in [-0.25, -0.2) is 0 Å². The minimum atomic E-state index is -4.85. The first-order valence-electron chi connectivity index (χ1n) is 4.38. The van der Waals surface area contributed by atoms with E-state index in [4.69, 9.17) is 11.6 Å². The number of carbonyl (C=O) groups excluding carboxylic acids is 1. The molecule has 0 unspecified atom stereocenters. The summed E-state index contributed by atoms with van der Waals surface area (Å²) in [6.45, 7) is -0.169. The van der Waals surface area contributed by atoms with Crippen LogP contribution in [-0.2, 0) is 11.3 Å². The van der Waals surface area contributed by atoms with Crippen LogP contribution in [0.1, 0.15) is 5.56 Å². The molecule has 0 radical (unpaired) electrons. The van der Waals surface area contributed by atoms with E-state index in [0.717, 1.165) is 7.05 Å². The molecule has 0 saturated carbocycles. The van der Waals surface area contributed by atoms with E-state index in [2.05, 4.69) is 0 Å². The van der Waals surface area contributed by atoms with E-state index in [0.29, 0.717) is 15.5 Å². The third-order valence-corrected chi connectivity index (χ3v) is 2.32. The largest absolute Gasteiger partial charge is 0.471 e. The van der Waals surface area contributed by atoms with Crippen molar-refractivity contribution in [2.75, 3.05) is 7.05 Å². The number of rotatable bonds is 2. The summed E-state index contributed by atoms with van der Waals surface area (Å²) in [6, 6.07) is 6.44. The molecule has 0 aliphatic heterocycles. The predicted molar refractivity (Wildman–Crippen MR) is 54.0 cm³/mol. The average molecular weight is 252 g/mol. The Bertz CT molecular complexity index is 392. The quantitative estimate of drug-likeness (QED) is 0.792. The number of halogens is 4. The minimum absolute atomic E-state index is 0.169. The second kappa shape index (κ2) is 4.74. The van der Waals surface area contributed by atoms with Crippen molar-refractivity contribution >= 4 is 17.5 Å². The van der Waals surface area contributed by atoms with E-state index < -0.39 is 12.1 Å². The van der Waals surface area contributed by atoms with Crippen LogP contribution in [0.25, 0.3) is 0 Å². The summed E-state index contributed by atoms with van der Waals surface area (Å²) in [5.41, 5.74) is 0.476. The summed E-state index contributed by atoms with van der Waals surface area (Å²) in [4.78, 5) is 11.4. The molecule has 0 aromatic heterocycles. The van der Waals surface area contributed by atoms with Crippen LogP contribution in [0.15, 0.2) is 24.3 Å². The molecule has 1 aromatic rings. The first-order chi connectivity index (χ1) is 7.32. The summed E-state index contributed by atoms with van der Waals surface area (Å²) in [5.74, 6) is -1.88. The molecule has 0 aliphatic rings. The van der Waals surface area contributed by atoms with Gasteiger partial charge in [0.25, 0.3) is 0 Å². The third kappa shape index (κ3) is 3.13. The van der Waals surface area contributed by atoms with E-state index in [1.54, 1.807) is 24.3 Å². The fourth-order valence-electron chi connectivity index (χ4n) is 1.17. The van der Waals surface area contributed by atoms with Gasteiger partial charge >= 0.3 is 12.1 Å². The summed E-state index contributed by atoms with van der Waals surface area (Å²) in [6.07, 6.45) is -4.85. The van der Waals surface area contributed by atoms with Crippen molar-refractivity contribution in [2.45, 2.75) is 12.7 Å². The Morgan fingerprint density at radius 3 is 2.44 bits per heavy atom. The lowest BCUT2D eigenvalue weighted by molar-refractivity contribution is -0.184. The number of hydrogen-bond donors (Lipinski definition) is 0. The molecule has 0 atom stereocenters. The van der Waals surface area contributed by atoms with Gasteiger partial charge in [0.1, 0.15) is 0 Å². The number of carbonyl (C=O) groups is 1. The maximum atomic E-state index is 12.1. The lowest BCUT2D eigenvalue weighted by atomic mass is 10.2. The zero-order valence-electron chi connectivity index (χ0n) is 8.38. The van der Waals surface area contributed by atoms with Crippen molar-refractivity contribution in [1.82, 2.24) is 4.90 Å². The molecule has 16 heavy (non-hydrogen) atoms. The van der Waals surface area contributed by atoms with Crippen LogP contribution in [0.5, 0.6) is 0 Å². The Hall–Kier alpha value is -1.23. The fraction of sp³-hybridized carbons (Fsp3) is 0.300. The number of hydrogen-bond acceptors (Lipinski definition) is 1. The normalized spacial score (nSPS) is 11.3. The van der Waals surface area contributed by atoms with Crippen molar-refractivity contribution in [3.05, 3.63) is 34.9 Å². The van der Waals surface area contributed by atoms with E-state index in [1.165, 1.54) is 0 Å². The van der Waals surface area contributed by atoms with Gasteiger partial charge in [-0.15, -0.1) is 0 Å². The van der Waals surface area contributed by atoms with Gasteiger partial charge in [0, 0.05) is 18.6 Å². The van der Waals surface area contributed by atoms with Crippen molar-refractivity contribution in [3.8, 4) is 0 Å². The van der Waals surface area contributed by atoms with Crippen LogP contribution in [-0.4, -0.2) is 24.0 Å². The molecule has 1 rings (SSSR count). The molecule has 0 N–H and O–H groups in total. The van der Waals surface area contributed by atoms with Crippen molar-refractivity contribution in [1.29, 1.82) is 0 Å². The first kappa shape index (κ1) is 12.8. The Labute approximate surface area is 95.6 Å². The van der Waals surface area contributed by atoms with Gasteiger partial charge < -0.3 is 4.90 Å². The van der Waals surface area contributed by atoms with Crippen LogP contribution in [0.4, 0.5) is 13.2 Å². The van der Waals surface area contributed by atoms with Crippen molar-refractivity contribution in [2.24, 2.45) is 0 Å². The SMILES string of the molecule is CN(Cc1ccccc1Cl)C(=O)C(F)(F)F. The summed E-state index contributed by atoms with van der Waals surface area (Å²) >= 11 is 5.77. The molecular formula is C10H9ClF3NO. The number of amides is 1. The molecule has 6 heteroatoms. The van der Waals surface area contributed by atoms with Gasteiger partial charge in [-0.1, -0.05) is 29.8 Å². The maximum Gasteiger partial charge on any atom is 0.471 e. The highest BCUT2D eigenvalue weighted by Gasteiger charge is 2.41. The molecular weight excluding hydrogens is 243 g/mol. The molecule has 1 aromatic carbocycles. The molecule has 1 amide bonds. The zero-order valence-corrected chi connectivity index (χ0v) is 9.14. The Kier molecular flexibility index (Phi) is 3.80. The molecule has 0 saturated heterocycles. The lowest BCUT2D eigenvalue weighted by Crippen LogP contribution is -2.37. The highest BCUT2D eigenvalue weighted by Crippen LogP contribution is 2.21. The summed E-state index contributed by atoms with van der Waals surface area (Å²) in [5, 5.41) is 0.337. The fourth-order valence-corrected chi connectivity index (χ4v) is 1.37. The highest BCUT2D eigenvalue weighted by molar-refractivity contribution is 6.31. The summed E-state index contributed by atoms with van der Waals surface area (Å²) in [7, 11) is 1.08. The maximum absolute atomic E-state index is 12.1. The van der Waals surface area contributed by atoms with Crippen LogP contribution in [0.2, 0.25) is 5.02 Å². The predicted octanol–water partition coefficient (Wildman–Crippen LogP) is 2.86. The standard InChI is InChI=1S/C10H9ClF3NO/c1-15(9(16)10(12,13)14)6-7-4-2-3-5-8(7)11/h2-5H,6H2,1H3. The average Bonchev–Trinajstić information content (AvgIpc) is 2.19. The van der Waals surface area contributed by atoms with Crippen molar-refractivity contribution < 1.29 is 18.0 Å². The Morgan fingerprint density at radius 2 is 1.94 bits per heavy atom. The van der Waals surface area contributed by atoms with E-state index in [-0.39, 0.29) is 6.54 Å². The molecule has 0 fully saturated rings. The molecule has 0 aliphatic carbocycles. The van der Waals surface area contributed by atoms with Gasteiger partial charge in [-0.05, 0) is 11.6 Å². The molecule has 0 bridgehead atoms. The zero-order chi connectivity index (χ0) is 12.3.